The van der Waals surface area contributed by atoms with E-state index in [1.807, 2.05) is 12.1 Å². The Morgan fingerprint density at radius 3 is 2.75 bits per heavy atom. The van der Waals surface area contributed by atoms with Crippen LogP contribution in [-0.4, -0.2) is 10.1 Å². The summed E-state index contributed by atoms with van der Waals surface area (Å²) in [5, 5.41) is 3.74. The normalized spacial score (nSPS) is 10.0. The van der Waals surface area contributed by atoms with Crippen LogP contribution in [0.2, 0.25) is 0 Å². The van der Waals surface area contributed by atoms with E-state index in [0.29, 0.717) is 5.82 Å². The molecule has 59 valence electrons. The van der Waals surface area contributed by atoms with Gasteiger partial charge < -0.3 is 4.52 Å². The monoisotopic (exact) mass is 177 g/mol. The Kier molecular flexibility index (Phi) is 1.75. The highest BCUT2D eigenvalue weighted by molar-refractivity contribution is 7.71. The summed E-state index contributed by atoms with van der Waals surface area (Å²) in [6, 6.07) is 10.3. The summed E-state index contributed by atoms with van der Waals surface area (Å²) in [6.07, 6.45) is 0. The van der Waals surface area contributed by atoms with Gasteiger partial charge in [-0.1, -0.05) is 29.4 Å². The number of nitrogens with zero attached hydrogens (tertiary/aromatic N) is 1. The Morgan fingerprint density at radius 2 is 2.17 bits per heavy atom. The van der Waals surface area contributed by atoms with Gasteiger partial charge in [-0.2, -0.15) is 0 Å². The molecule has 12 heavy (non-hydrogen) atoms. The second kappa shape index (κ2) is 2.91. The van der Waals surface area contributed by atoms with E-state index in [0.717, 1.165) is 5.56 Å². The zero-order valence-electron chi connectivity index (χ0n) is 6.07. The van der Waals surface area contributed by atoms with Crippen molar-refractivity contribution in [3.05, 3.63) is 35.2 Å². The first kappa shape index (κ1) is 7.24. The molecular weight excluding hydrogens is 172 g/mol. The first-order chi connectivity index (χ1) is 5.86. The standard InChI is InChI=1S/C8H5N2OS/c12-8-9-7(10-11-8)6-4-2-1-3-5-6/h2-5H,(H,9,10,12). The van der Waals surface area contributed by atoms with Crippen LogP contribution < -0.4 is 0 Å². The molecule has 0 unspecified atom stereocenters. The summed E-state index contributed by atoms with van der Waals surface area (Å²) in [6.45, 7) is 0. The molecule has 0 aliphatic rings. The van der Waals surface area contributed by atoms with Gasteiger partial charge in [0.05, 0.1) is 0 Å². The van der Waals surface area contributed by atoms with Crippen molar-refractivity contribution in [2.45, 2.75) is 0 Å². The summed E-state index contributed by atoms with van der Waals surface area (Å²) >= 11 is 4.74. The van der Waals surface area contributed by atoms with Gasteiger partial charge in [0.15, 0.2) is 5.82 Å². The SMILES string of the molecule is S=c1[nH]c(-c2cc[c]cc2)no1. The molecular formula is C8H5N2OS. The maximum Gasteiger partial charge on any atom is 0.295 e. The van der Waals surface area contributed by atoms with E-state index in [9.17, 15) is 0 Å². The molecule has 0 spiro atoms. The smallest absolute Gasteiger partial charge is 0.295 e. The molecule has 0 saturated heterocycles. The van der Waals surface area contributed by atoms with Crippen LogP contribution in [0, 0.1) is 10.9 Å². The molecule has 0 atom stereocenters. The lowest BCUT2D eigenvalue weighted by atomic mass is 10.2. The number of aromatic nitrogens is 2. The number of H-pyrrole nitrogens is 1. The van der Waals surface area contributed by atoms with E-state index < -0.39 is 0 Å². The number of hydrogen-bond acceptors (Lipinski definition) is 3. The summed E-state index contributed by atoms with van der Waals surface area (Å²) in [7, 11) is 0. The minimum absolute atomic E-state index is 0.290. The van der Waals surface area contributed by atoms with E-state index >= 15 is 0 Å². The molecule has 0 aliphatic carbocycles. The predicted molar refractivity (Wildman–Crippen MR) is 46.0 cm³/mol. The highest BCUT2D eigenvalue weighted by Crippen LogP contribution is 2.12. The zero-order chi connectivity index (χ0) is 8.39. The fourth-order valence-corrected chi connectivity index (χ4v) is 1.03. The van der Waals surface area contributed by atoms with Gasteiger partial charge in [0.1, 0.15) is 0 Å². The number of nitrogens with one attached hydrogen (secondary N) is 1. The summed E-state index contributed by atoms with van der Waals surface area (Å²) in [5.74, 6) is 0.647. The van der Waals surface area contributed by atoms with Gasteiger partial charge in [-0.3, -0.25) is 4.98 Å². The molecule has 0 aliphatic heterocycles. The quantitative estimate of drug-likeness (QED) is 0.679. The Bertz CT molecular complexity index is 418. The second-order valence-corrected chi connectivity index (χ2v) is 2.60. The number of benzene rings is 1. The Labute approximate surface area is 74.0 Å². The lowest BCUT2D eigenvalue weighted by molar-refractivity contribution is 0.406. The predicted octanol–water partition coefficient (Wildman–Crippen LogP) is 2.20. The van der Waals surface area contributed by atoms with Gasteiger partial charge >= 0.3 is 0 Å². The molecule has 0 bridgehead atoms. The van der Waals surface area contributed by atoms with E-state index in [4.69, 9.17) is 16.7 Å². The van der Waals surface area contributed by atoms with Crippen molar-refractivity contribution in [1.29, 1.82) is 0 Å². The van der Waals surface area contributed by atoms with Crippen LogP contribution in [0.1, 0.15) is 0 Å². The lowest BCUT2D eigenvalue weighted by Crippen LogP contribution is -1.77. The van der Waals surface area contributed by atoms with Crippen LogP contribution >= 0.6 is 12.2 Å². The van der Waals surface area contributed by atoms with E-state index in [1.54, 1.807) is 12.1 Å². The number of hydrogen-bond donors (Lipinski definition) is 1. The number of aromatic amines is 1. The van der Waals surface area contributed by atoms with Crippen LogP contribution in [-0.2, 0) is 0 Å². The van der Waals surface area contributed by atoms with E-state index in [2.05, 4.69) is 16.2 Å². The van der Waals surface area contributed by atoms with Gasteiger partial charge in [0.25, 0.3) is 4.84 Å². The Hall–Kier alpha value is -1.42. The molecule has 1 N–H and O–H groups in total. The van der Waals surface area contributed by atoms with Crippen LogP contribution in [0.4, 0.5) is 0 Å². The van der Waals surface area contributed by atoms with Crippen molar-refractivity contribution in [2.75, 3.05) is 0 Å². The third-order valence-electron chi connectivity index (χ3n) is 1.43. The average molecular weight is 177 g/mol. The van der Waals surface area contributed by atoms with Crippen molar-refractivity contribution in [3.63, 3.8) is 0 Å². The van der Waals surface area contributed by atoms with Crippen molar-refractivity contribution in [1.82, 2.24) is 10.1 Å². The fourth-order valence-electron chi connectivity index (χ4n) is 0.899. The topological polar surface area (TPSA) is 41.8 Å². The molecule has 1 aromatic carbocycles. The maximum atomic E-state index is 4.74. The average Bonchev–Trinajstić information content (AvgIpc) is 2.54. The molecule has 0 saturated carbocycles. The van der Waals surface area contributed by atoms with E-state index in [1.165, 1.54) is 0 Å². The highest BCUT2D eigenvalue weighted by Gasteiger charge is 1.99. The van der Waals surface area contributed by atoms with Crippen LogP contribution in [0.5, 0.6) is 0 Å². The van der Waals surface area contributed by atoms with Gasteiger partial charge in [0, 0.05) is 5.56 Å². The molecule has 2 rings (SSSR count). The van der Waals surface area contributed by atoms with Gasteiger partial charge in [-0.25, -0.2) is 0 Å². The summed E-state index contributed by atoms with van der Waals surface area (Å²) < 4.78 is 4.72. The summed E-state index contributed by atoms with van der Waals surface area (Å²) in [5.41, 5.74) is 0.939. The van der Waals surface area contributed by atoms with Crippen LogP contribution in [0.15, 0.2) is 28.8 Å². The van der Waals surface area contributed by atoms with Crippen LogP contribution in [0.3, 0.4) is 0 Å². The molecule has 1 radical (unpaired) electrons. The second-order valence-electron chi connectivity index (χ2n) is 2.23. The Morgan fingerprint density at radius 1 is 1.42 bits per heavy atom. The first-order valence-electron chi connectivity index (χ1n) is 3.39. The molecule has 0 amide bonds. The third kappa shape index (κ3) is 1.29. The third-order valence-corrected chi connectivity index (χ3v) is 1.61. The molecule has 2 aromatic rings. The van der Waals surface area contributed by atoms with Crippen LogP contribution in [0.25, 0.3) is 11.4 Å². The number of rotatable bonds is 1. The summed E-state index contributed by atoms with van der Waals surface area (Å²) in [4.78, 5) is 3.11. The van der Waals surface area contributed by atoms with Crippen molar-refractivity contribution < 1.29 is 4.52 Å². The molecule has 4 heteroatoms. The molecule has 1 heterocycles. The minimum Gasteiger partial charge on any atom is -0.324 e. The highest BCUT2D eigenvalue weighted by atomic mass is 32.1. The first-order valence-corrected chi connectivity index (χ1v) is 3.79. The molecule has 0 fully saturated rings. The lowest BCUT2D eigenvalue weighted by Gasteiger charge is -1.90. The van der Waals surface area contributed by atoms with E-state index in [-0.39, 0.29) is 4.84 Å². The molecule has 1 aromatic heterocycles. The van der Waals surface area contributed by atoms with Gasteiger partial charge in [-0.15, -0.1) is 0 Å². The maximum absolute atomic E-state index is 4.74. The van der Waals surface area contributed by atoms with Gasteiger partial charge in [-0.05, 0) is 18.3 Å². The van der Waals surface area contributed by atoms with Crippen molar-refractivity contribution >= 4 is 12.2 Å². The minimum atomic E-state index is 0.290. The molecule has 3 nitrogen and oxygen atoms in total. The van der Waals surface area contributed by atoms with Crippen molar-refractivity contribution in [2.24, 2.45) is 0 Å². The zero-order valence-corrected chi connectivity index (χ0v) is 6.89. The largest absolute Gasteiger partial charge is 0.324 e. The van der Waals surface area contributed by atoms with Crippen molar-refractivity contribution in [3.8, 4) is 11.4 Å². The fraction of sp³-hybridized carbons (Fsp3) is 0. The van der Waals surface area contributed by atoms with Gasteiger partial charge in [0.2, 0.25) is 0 Å². The Balaban J connectivity index is 2.51.